The Labute approximate surface area is 132 Å². The van der Waals surface area contributed by atoms with Gasteiger partial charge in [0.1, 0.15) is 17.7 Å². The van der Waals surface area contributed by atoms with Gasteiger partial charge in [-0.25, -0.2) is 4.39 Å². The van der Waals surface area contributed by atoms with Crippen molar-refractivity contribution in [2.75, 3.05) is 13.1 Å². The maximum atomic E-state index is 12.9. The average molecular weight is 320 g/mol. The van der Waals surface area contributed by atoms with E-state index < -0.39 is 0 Å². The Bertz CT molecular complexity index is 656. The molecule has 2 N–H and O–H groups in total. The number of hydrogen-bond donors (Lipinski definition) is 1. The van der Waals surface area contributed by atoms with Crippen LogP contribution in [-0.4, -0.2) is 30.0 Å². The number of amides is 1. The van der Waals surface area contributed by atoms with Crippen LogP contribution in [-0.2, 0) is 6.54 Å². The van der Waals surface area contributed by atoms with E-state index in [1.807, 2.05) is 6.07 Å². The van der Waals surface area contributed by atoms with Gasteiger partial charge in [-0.2, -0.15) is 0 Å². The van der Waals surface area contributed by atoms with Crippen molar-refractivity contribution < 1.29 is 13.9 Å². The van der Waals surface area contributed by atoms with Crippen LogP contribution in [0.2, 0.25) is 0 Å². The molecule has 1 amide bonds. The molecule has 1 atom stereocenters. The maximum absolute atomic E-state index is 12.9. The number of hydrogen-bond acceptors (Lipinski definition) is 4. The SMILES string of the molecule is NC(=O)c1csc(CN2CCC(Oc3ccc(F)cc3)C2)c1. The average Bonchev–Trinajstić information content (AvgIpc) is 3.12. The molecule has 1 aliphatic rings. The number of carbonyl (C=O) groups is 1. The minimum Gasteiger partial charge on any atom is -0.489 e. The first-order valence-electron chi connectivity index (χ1n) is 7.12. The summed E-state index contributed by atoms with van der Waals surface area (Å²) in [4.78, 5) is 14.5. The topological polar surface area (TPSA) is 55.6 Å². The van der Waals surface area contributed by atoms with Gasteiger partial charge in [-0.15, -0.1) is 11.3 Å². The normalized spacial score (nSPS) is 18.5. The lowest BCUT2D eigenvalue weighted by Gasteiger charge is -2.16. The van der Waals surface area contributed by atoms with Gasteiger partial charge < -0.3 is 10.5 Å². The lowest BCUT2D eigenvalue weighted by atomic mass is 10.3. The number of likely N-dealkylation sites (tertiary alicyclic amines) is 1. The molecule has 0 aliphatic carbocycles. The summed E-state index contributed by atoms with van der Waals surface area (Å²) in [7, 11) is 0. The van der Waals surface area contributed by atoms with Crippen molar-refractivity contribution in [2.45, 2.75) is 19.1 Å². The minimum atomic E-state index is -0.388. The summed E-state index contributed by atoms with van der Waals surface area (Å²) in [6, 6.07) is 7.95. The number of primary amides is 1. The summed E-state index contributed by atoms with van der Waals surface area (Å²) >= 11 is 1.55. The number of halogens is 1. The first-order chi connectivity index (χ1) is 10.6. The molecule has 1 aromatic carbocycles. The smallest absolute Gasteiger partial charge is 0.249 e. The van der Waals surface area contributed by atoms with Crippen molar-refractivity contribution >= 4 is 17.2 Å². The molecule has 6 heteroatoms. The molecule has 1 saturated heterocycles. The van der Waals surface area contributed by atoms with E-state index in [9.17, 15) is 9.18 Å². The molecule has 0 radical (unpaired) electrons. The highest BCUT2D eigenvalue weighted by Gasteiger charge is 2.24. The van der Waals surface area contributed by atoms with Crippen LogP contribution in [0.5, 0.6) is 5.75 Å². The van der Waals surface area contributed by atoms with Gasteiger partial charge in [0.15, 0.2) is 0 Å². The third-order valence-corrected chi connectivity index (χ3v) is 4.58. The first kappa shape index (κ1) is 15.0. The van der Waals surface area contributed by atoms with Gasteiger partial charge in [0.05, 0.1) is 5.56 Å². The molecule has 22 heavy (non-hydrogen) atoms. The molecule has 1 fully saturated rings. The number of ether oxygens (including phenoxy) is 1. The van der Waals surface area contributed by atoms with Gasteiger partial charge in [-0.1, -0.05) is 0 Å². The van der Waals surface area contributed by atoms with Gasteiger partial charge >= 0.3 is 0 Å². The second-order valence-corrected chi connectivity index (χ2v) is 6.38. The van der Waals surface area contributed by atoms with Crippen LogP contribution >= 0.6 is 11.3 Å². The Morgan fingerprint density at radius 2 is 2.18 bits per heavy atom. The molecule has 3 rings (SSSR count). The molecule has 0 saturated carbocycles. The number of carbonyl (C=O) groups excluding carboxylic acids is 1. The zero-order chi connectivity index (χ0) is 15.5. The minimum absolute atomic E-state index is 0.112. The molecule has 1 aliphatic heterocycles. The number of nitrogens with zero attached hydrogens (tertiary/aromatic N) is 1. The highest BCUT2D eigenvalue weighted by Crippen LogP contribution is 2.22. The monoisotopic (exact) mass is 320 g/mol. The third kappa shape index (κ3) is 3.64. The van der Waals surface area contributed by atoms with E-state index in [0.29, 0.717) is 11.3 Å². The van der Waals surface area contributed by atoms with Gasteiger partial charge in [0, 0.05) is 29.9 Å². The Morgan fingerprint density at radius 1 is 1.41 bits per heavy atom. The fourth-order valence-electron chi connectivity index (χ4n) is 2.56. The second kappa shape index (κ2) is 6.46. The molecular weight excluding hydrogens is 303 g/mol. The molecule has 4 nitrogen and oxygen atoms in total. The molecule has 2 aromatic rings. The summed E-state index contributed by atoms with van der Waals surface area (Å²) < 4.78 is 18.7. The Hall–Kier alpha value is -1.92. The van der Waals surface area contributed by atoms with Crippen molar-refractivity contribution in [2.24, 2.45) is 5.73 Å². The molecule has 0 spiro atoms. The van der Waals surface area contributed by atoms with E-state index in [0.717, 1.165) is 30.9 Å². The van der Waals surface area contributed by atoms with E-state index in [4.69, 9.17) is 10.5 Å². The second-order valence-electron chi connectivity index (χ2n) is 5.38. The van der Waals surface area contributed by atoms with Crippen LogP contribution in [0.4, 0.5) is 4.39 Å². The molecule has 0 bridgehead atoms. The number of benzene rings is 1. The van der Waals surface area contributed by atoms with Crippen LogP contribution in [0.3, 0.4) is 0 Å². The highest BCUT2D eigenvalue weighted by molar-refractivity contribution is 7.10. The van der Waals surface area contributed by atoms with Crippen molar-refractivity contribution in [1.82, 2.24) is 4.90 Å². The lowest BCUT2D eigenvalue weighted by Crippen LogP contribution is -2.24. The fourth-order valence-corrected chi connectivity index (χ4v) is 3.47. The van der Waals surface area contributed by atoms with Crippen molar-refractivity contribution in [3.8, 4) is 5.75 Å². The lowest BCUT2D eigenvalue weighted by molar-refractivity contribution is 0.100. The van der Waals surface area contributed by atoms with E-state index >= 15 is 0 Å². The van der Waals surface area contributed by atoms with Crippen LogP contribution in [0.25, 0.3) is 0 Å². The molecule has 1 unspecified atom stereocenters. The number of thiophene rings is 1. The molecule has 116 valence electrons. The van der Waals surface area contributed by atoms with Crippen LogP contribution in [0.15, 0.2) is 35.7 Å². The summed E-state index contributed by atoms with van der Waals surface area (Å²) in [6.07, 6.45) is 1.05. The highest BCUT2D eigenvalue weighted by atomic mass is 32.1. The quantitative estimate of drug-likeness (QED) is 0.921. The van der Waals surface area contributed by atoms with Crippen LogP contribution < -0.4 is 10.5 Å². The fraction of sp³-hybridized carbons (Fsp3) is 0.312. The van der Waals surface area contributed by atoms with Crippen LogP contribution in [0.1, 0.15) is 21.7 Å². The van der Waals surface area contributed by atoms with Crippen molar-refractivity contribution in [3.63, 3.8) is 0 Å². The molecular formula is C16H17FN2O2S. The third-order valence-electron chi connectivity index (χ3n) is 3.66. The van der Waals surface area contributed by atoms with Crippen molar-refractivity contribution in [3.05, 3.63) is 52.0 Å². The Balaban J connectivity index is 1.53. The number of rotatable bonds is 5. The molecule has 1 aromatic heterocycles. The van der Waals surface area contributed by atoms with Crippen molar-refractivity contribution in [1.29, 1.82) is 0 Å². The van der Waals surface area contributed by atoms with Gasteiger partial charge in [-0.3, -0.25) is 9.69 Å². The Kier molecular flexibility index (Phi) is 4.40. The number of nitrogens with two attached hydrogens (primary N) is 1. The summed E-state index contributed by atoms with van der Waals surface area (Å²) in [6.45, 7) is 2.55. The van der Waals surface area contributed by atoms with Gasteiger partial charge in [0.25, 0.3) is 0 Å². The predicted molar refractivity (Wildman–Crippen MR) is 83.5 cm³/mol. The van der Waals surface area contributed by atoms with E-state index in [1.54, 1.807) is 28.8 Å². The summed E-state index contributed by atoms with van der Waals surface area (Å²) in [5, 5.41) is 1.79. The van der Waals surface area contributed by atoms with Gasteiger partial charge in [0.2, 0.25) is 5.91 Å². The summed E-state index contributed by atoms with van der Waals surface area (Å²) in [5.41, 5.74) is 5.83. The molecule has 2 heterocycles. The Morgan fingerprint density at radius 3 is 2.86 bits per heavy atom. The maximum Gasteiger partial charge on any atom is 0.249 e. The predicted octanol–water partition coefficient (Wildman–Crippen LogP) is 2.64. The van der Waals surface area contributed by atoms with E-state index in [2.05, 4.69) is 4.90 Å². The van der Waals surface area contributed by atoms with Crippen LogP contribution in [0, 0.1) is 5.82 Å². The van der Waals surface area contributed by atoms with E-state index in [1.165, 1.54) is 12.1 Å². The largest absolute Gasteiger partial charge is 0.489 e. The van der Waals surface area contributed by atoms with Gasteiger partial charge in [-0.05, 0) is 36.8 Å². The standard InChI is InChI=1S/C16H17FN2O2S/c17-12-1-3-13(4-2-12)21-14-5-6-19(8-14)9-15-7-11(10-22-15)16(18)20/h1-4,7,10,14H,5-6,8-9H2,(H2,18,20). The zero-order valence-electron chi connectivity index (χ0n) is 12.0. The zero-order valence-corrected chi connectivity index (χ0v) is 12.8. The van der Waals surface area contributed by atoms with E-state index in [-0.39, 0.29) is 17.8 Å². The first-order valence-corrected chi connectivity index (χ1v) is 8.00. The summed E-state index contributed by atoms with van der Waals surface area (Å²) in [5.74, 6) is 0.0465.